The standard InChI is InChI=1S/C8H12ClN3O/c9-3-1-2-4-10-8(13)7-5-11-12-6-7/h5-6H,1-4H2,(H,10,13)(H,11,12). The van der Waals surface area contributed by atoms with E-state index >= 15 is 0 Å². The monoisotopic (exact) mass is 201 g/mol. The highest BCUT2D eigenvalue weighted by molar-refractivity contribution is 6.17. The number of amides is 1. The molecule has 1 heterocycles. The lowest BCUT2D eigenvalue weighted by atomic mass is 10.3. The van der Waals surface area contributed by atoms with Gasteiger partial charge in [-0.1, -0.05) is 0 Å². The molecule has 13 heavy (non-hydrogen) atoms. The molecule has 1 aromatic rings. The second kappa shape index (κ2) is 5.59. The summed E-state index contributed by atoms with van der Waals surface area (Å²) in [5.74, 6) is 0.546. The first-order valence-electron chi connectivity index (χ1n) is 4.17. The number of alkyl halides is 1. The summed E-state index contributed by atoms with van der Waals surface area (Å²) in [5.41, 5.74) is 0.561. The van der Waals surface area contributed by atoms with Gasteiger partial charge < -0.3 is 5.32 Å². The average Bonchev–Trinajstić information content (AvgIpc) is 2.65. The number of hydrogen-bond donors (Lipinski definition) is 2. The van der Waals surface area contributed by atoms with E-state index in [1.165, 1.54) is 6.20 Å². The first kappa shape index (κ1) is 10.1. The predicted octanol–water partition coefficient (Wildman–Crippen LogP) is 1.16. The van der Waals surface area contributed by atoms with Crippen LogP contribution in [0.2, 0.25) is 0 Å². The molecule has 0 aromatic carbocycles. The highest BCUT2D eigenvalue weighted by Crippen LogP contribution is 1.94. The number of nitrogens with one attached hydrogen (secondary N) is 2. The van der Waals surface area contributed by atoms with Crippen LogP contribution in [0.1, 0.15) is 23.2 Å². The summed E-state index contributed by atoms with van der Waals surface area (Å²) >= 11 is 5.49. The number of aromatic nitrogens is 2. The van der Waals surface area contributed by atoms with Gasteiger partial charge in [0.1, 0.15) is 0 Å². The number of aromatic amines is 1. The van der Waals surface area contributed by atoms with Crippen molar-refractivity contribution in [2.75, 3.05) is 12.4 Å². The minimum atomic E-state index is -0.0941. The second-order valence-corrected chi connectivity index (χ2v) is 3.02. The summed E-state index contributed by atoms with van der Waals surface area (Å²) in [7, 11) is 0. The van der Waals surface area contributed by atoms with Crippen LogP contribution in [-0.2, 0) is 0 Å². The molecule has 0 saturated carbocycles. The lowest BCUT2D eigenvalue weighted by Gasteiger charge is -2.01. The molecule has 0 aliphatic heterocycles. The van der Waals surface area contributed by atoms with E-state index in [2.05, 4.69) is 15.5 Å². The van der Waals surface area contributed by atoms with Crippen LogP contribution in [0.4, 0.5) is 0 Å². The van der Waals surface area contributed by atoms with Gasteiger partial charge >= 0.3 is 0 Å². The number of halogens is 1. The van der Waals surface area contributed by atoms with Crippen LogP contribution in [0, 0.1) is 0 Å². The number of hydrogen-bond acceptors (Lipinski definition) is 2. The van der Waals surface area contributed by atoms with Gasteiger partial charge in [0.25, 0.3) is 5.91 Å². The van der Waals surface area contributed by atoms with Gasteiger partial charge in [0, 0.05) is 18.6 Å². The van der Waals surface area contributed by atoms with Crippen LogP contribution >= 0.6 is 11.6 Å². The van der Waals surface area contributed by atoms with E-state index in [1.54, 1.807) is 6.20 Å². The zero-order valence-electron chi connectivity index (χ0n) is 7.22. The van der Waals surface area contributed by atoms with Crippen molar-refractivity contribution in [3.63, 3.8) is 0 Å². The largest absolute Gasteiger partial charge is 0.352 e. The third-order valence-corrected chi connectivity index (χ3v) is 1.87. The van der Waals surface area contributed by atoms with Crippen molar-refractivity contribution in [2.24, 2.45) is 0 Å². The van der Waals surface area contributed by atoms with Crippen LogP contribution in [0.5, 0.6) is 0 Å². The molecule has 0 aliphatic carbocycles. The van der Waals surface area contributed by atoms with Crippen LogP contribution in [-0.4, -0.2) is 28.5 Å². The maximum Gasteiger partial charge on any atom is 0.254 e. The highest BCUT2D eigenvalue weighted by atomic mass is 35.5. The summed E-state index contributed by atoms with van der Waals surface area (Å²) < 4.78 is 0. The smallest absolute Gasteiger partial charge is 0.254 e. The fourth-order valence-corrected chi connectivity index (χ4v) is 1.09. The summed E-state index contributed by atoms with van der Waals surface area (Å²) in [4.78, 5) is 11.3. The molecule has 0 aliphatic rings. The van der Waals surface area contributed by atoms with E-state index in [4.69, 9.17) is 11.6 Å². The van der Waals surface area contributed by atoms with Gasteiger partial charge in [-0.05, 0) is 12.8 Å². The quantitative estimate of drug-likeness (QED) is 0.555. The lowest BCUT2D eigenvalue weighted by Crippen LogP contribution is -2.23. The first-order chi connectivity index (χ1) is 6.34. The van der Waals surface area contributed by atoms with Crippen molar-refractivity contribution in [3.8, 4) is 0 Å². The second-order valence-electron chi connectivity index (χ2n) is 2.64. The van der Waals surface area contributed by atoms with Crippen LogP contribution in [0.3, 0.4) is 0 Å². The molecule has 0 spiro atoms. The van der Waals surface area contributed by atoms with E-state index in [0.717, 1.165) is 12.8 Å². The number of rotatable bonds is 5. The predicted molar refractivity (Wildman–Crippen MR) is 50.9 cm³/mol. The van der Waals surface area contributed by atoms with Gasteiger partial charge in [-0.15, -0.1) is 11.6 Å². The van der Waals surface area contributed by atoms with E-state index in [-0.39, 0.29) is 5.91 Å². The number of carbonyl (C=O) groups is 1. The number of nitrogens with zero attached hydrogens (tertiary/aromatic N) is 1. The van der Waals surface area contributed by atoms with Crippen LogP contribution in [0.15, 0.2) is 12.4 Å². The average molecular weight is 202 g/mol. The molecule has 1 rings (SSSR count). The molecule has 0 atom stereocenters. The van der Waals surface area contributed by atoms with Crippen LogP contribution < -0.4 is 5.32 Å². The zero-order valence-corrected chi connectivity index (χ0v) is 7.97. The van der Waals surface area contributed by atoms with Crippen LogP contribution in [0.25, 0.3) is 0 Å². The van der Waals surface area contributed by atoms with Crippen molar-refractivity contribution < 1.29 is 4.79 Å². The third kappa shape index (κ3) is 3.46. The fourth-order valence-electron chi connectivity index (χ4n) is 0.899. The van der Waals surface area contributed by atoms with Gasteiger partial charge in [0.15, 0.2) is 0 Å². The van der Waals surface area contributed by atoms with Gasteiger partial charge in [-0.2, -0.15) is 5.10 Å². The molecule has 4 nitrogen and oxygen atoms in total. The zero-order chi connectivity index (χ0) is 9.52. The molecule has 72 valence electrons. The Morgan fingerprint density at radius 1 is 1.62 bits per heavy atom. The molecule has 0 saturated heterocycles. The molecule has 0 fully saturated rings. The van der Waals surface area contributed by atoms with Gasteiger partial charge in [-0.25, -0.2) is 0 Å². The Bertz CT molecular complexity index is 248. The summed E-state index contributed by atoms with van der Waals surface area (Å²) in [5, 5.41) is 9.02. The van der Waals surface area contributed by atoms with E-state index in [9.17, 15) is 4.79 Å². The van der Waals surface area contributed by atoms with E-state index in [0.29, 0.717) is 18.0 Å². The first-order valence-corrected chi connectivity index (χ1v) is 4.71. The Labute approximate surface area is 81.7 Å². The molecule has 0 radical (unpaired) electrons. The molecular weight excluding hydrogens is 190 g/mol. The fraction of sp³-hybridized carbons (Fsp3) is 0.500. The topological polar surface area (TPSA) is 57.8 Å². The normalized spacial score (nSPS) is 9.92. The molecule has 2 N–H and O–H groups in total. The Balaban J connectivity index is 2.19. The van der Waals surface area contributed by atoms with Crippen molar-refractivity contribution in [1.29, 1.82) is 0 Å². The summed E-state index contributed by atoms with van der Waals surface area (Å²) in [6, 6.07) is 0. The number of carbonyl (C=O) groups excluding carboxylic acids is 1. The van der Waals surface area contributed by atoms with E-state index in [1.807, 2.05) is 0 Å². The summed E-state index contributed by atoms with van der Waals surface area (Å²) in [6.45, 7) is 0.663. The Morgan fingerprint density at radius 3 is 3.08 bits per heavy atom. The molecule has 0 unspecified atom stereocenters. The number of H-pyrrole nitrogens is 1. The minimum Gasteiger partial charge on any atom is -0.352 e. The van der Waals surface area contributed by atoms with Gasteiger partial charge in [-0.3, -0.25) is 9.89 Å². The van der Waals surface area contributed by atoms with Crippen molar-refractivity contribution in [3.05, 3.63) is 18.0 Å². The summed E-state index contributed by atoms with van der Waals surface area (Å²) in [6.07, 6.45) is 4.90. The SMILES string of the molecule is O=C(NCCCCCl)c1cn[nH]c1. The Hall–Kier alpha value is -1.03. The lowest BCUT2D eigenvalue weighted by molar-refractivity contribution is 0.0953. The molecule has 1 amide bonds. The third-order valence-electron chi connectivity index (χ3n) is 1.61. The van der Waals surface area contributed by atoms with Crippen molar-refractivity contribution in [2.45, 2.75) is 12.8 Å². The Morgan fingerprint density at radius 2 is 2.46 bits per heavy atom. The molecule has 5 heteroatoms. The maximum atomic E-state index is 11.3. The maximum absolute atomic E-state index is 11.3. The molecule has 1 aromatic heterocycles. The van der Waals surface area contributed by atoms with E-state index < -0.39 is 0 Å². The van der Waals surface area contributed by atoms with Crippen molar-refractivity contribution >= 4 is 17.5 Å². The highest BCUT2D eigenvalue weighted by Gasteiger charge is 2.04. The van der Waals surface area contributed by atoms with Crippen molar-refractivity contribution in [1.82, 2.24) is 15.5 Å². The molecular formula is C8H12ClN3O. The number of unbranched alkanes of at least 4 members (excludes halogenated alkanes) is 1. The van der Waals surface area contributed by atoms with Gasteiger partial charge in [0.2, 0.25) is 0 Å². The van der Waals surface area contributed by atoms with Gasteiger partial charge in [0.05, 0.1) is 11.8 Å². The molecule has 0 bridgehead atoms. The Kier molecular flexibility index (Phi) is 4.32. The minimum absolute atomic E-state index is 0.0941.